The van der Waals surface area contributed by atoms with Gasteiger partial charge in [-0.1, -0.05) is 30.7 Å². The number of carboxylic acid groups (broad SMARTS) is 1. The van der Waals surface area contributed by atoms with Gasteiger partial charge in [-0.2, -0.15) is 0 Å². The molecule has 7 heteroatoms. The molecule has 27 heavy (non-hydrogen) atoms. The lowest BCUT2D eigenvalue weighted by molar-refractivity contribution is -0.145. The van der Waals surface area contributed by atoms with Crippen LogP contribution in [0.4, 0.5) is 0 Å². The first-order valence-electron chi connectivity index (χ1n) is 9.62. The largest absolute Gasteiger partial charge is 0.480 e. The van der Waals surface area contributed by atoms with Crippen LogP contribution in [0, 0.1) is 0 Å². The van der Waals surface area contributed by atoms with Gasteiger partial charge in [0.15, 0.2) is 0 Å². The number of likely N-dealkylation sites (tertiary alicyclic amines) is 2. The SMILES string of the molecule is O=C(CN1CCCCC1C(=O)O)NCc1ccccc1CN1CCCC1=O. The van der Waals surface area contributed by atoms with Crippen LogP contribution in [0.1, 0.15) is 43.2 Å². The summed E-state index contributed by atoms with van der Waals surface area (Å²) in [5.41, 5.74) is 2.02. The van der Waals surface area contributed by atoms with Gasteiger partial charge in [0.05, 0.1) is 6.54 Å². The number of benzene rings is 1. The van der Waals surface area contributed by atoms with Crippen molar-refractivity contribution in [2.45, 2.75) is 51.2 Å². The maximum absolute atomic E-state index is 12.4. The van der Waals surface area contributed by atoms with Gasteiger partial charge in [-0.3, -0.25) is 19.3 Å². The summed E-state index contributed by atoms with van der Waals surface area (Å²) in [7, 11) is 0. The monoisotopic (exact) mass is 373 g/mol. The van der Waals surface area contributed by atoms with Gasteiger partial charge in [-0.25, -0.2) is 0 Å². The maximum atomic E-state index is 12.4. The lowest BCUT2D eigenvalue weighted by Gasteiger charge is -2.32. The maximum Gasteiger partial charge on any atom is 0.320 e. The number of nitrogens with zero attached hydrogens (tertiary/aromatic N) is 2. The van der Waals surface area contributed by atoms with E-state index < -0.39 is 12.0 Å². The van der Waals surface area contributed by atoms with E-state index in [9.17, 15) is 19.5 Å². The molecule has 146 valence electrons. The predicted octanol–water partition coefficient (Wildman–Crippen LogP) is 1.36. The molecular formula is C20H27N3O4. The van der Waals surface area contributed by atoms with E-state index in [1.54, 1.807) is 4.90 Å². The van der Waals surface area contributed by atoms with Crippen molar-refractivity contribution in [1.29, 1.82) is 0 Å². The van der Waals surface area contributed by atoms with Crippen LogP contribution in [-0.2, 0) is 27.5 Å². The molecule has 2 saturated heterocycles. The highest BCUT2D eigenvalue weighted by Crippen LogP contribution is 2.18. The van der Waals surface area contributed by atoms with Crippen molar-refractivity contribution < 1.29 is 19.5 Å². The molecule has 3 rings (SSSR count). The summed E-state index contributed by atoms with van der Waals surface area (Å²) >= 11 is 0. The van der Waals surface area contributed by atoms with Gasteiger partial charge < -0.3 is 15.3 Å². The fraction of sp³-hybridized carbons (Fsp3) is 0.550. The molecule has 0 saturated carbocycles. The Balaban J connectivity index is 1.55. The topological polar surface area (TPSA) is 89.9 Å². The van der Waals surface area contributed by atoms with Crippen LogP contribution >= 0.6 is 0 Å². The number of carbonyl (C=O) groups is 3. The number of carbonyl (C=O) groups excluding carboxylic acids is 2. The van der Waals surface area contributed by atoms with Crippen molar-refractivity contribution in [2.24, 2.45) is 0 Å². The molecule has 2 fully saturated rings. The van der Waals surface area contributed by atoms with Crippen molar-refractivity contribution >= 4 is 17.8 Å². The van der Waals surface area contributed by atoms with Gasteiger partial charge in [0.25, 0.3) is 0 Å². The Morgan fingerprint density at radius 2 is 1.89 bits per heavy atom. The molecule has 2 amide bonds. The quantitative estimate of drug-likeness (QED) is 0.753. The second-order valence-electron chi connectivity index (χ2n) is 7.28. The lowest BCUT2D eigenvalue weighted by Crippen LogP contribution is -2.48. The summed E-state index contributed by atoms with van der Waals surface area (Å²) in [5, 5.41) is 12.2. The molecule has 1 aromatic rings. The van der Waals surface area contributed by atoms with Gasteiger partial charge in [-0.05, 0) is 36.9 Å². The highest BCUT2D eigenvalue weighted by molar-refractivity contribution is 5.80. The molecule has 1 atom stereocenters. The third-order valence-electron chi connectivity index (χ3n) is 5.37. The van der Waals surface area contributed by atoms with Crippen LogP contribution < -0.4 is 5.32 Å². The van der Waals surface area contributed by atoms with E-state index in [0.29, 0.717) is 32.5 Å². The minimum Gasteiger partial charge on any atom is -0.480 e. The van der Waals surface area contributed by atoms with E-state index >= 15 is 0 Å². The summed E-state index contributed by atoms with van der Waals surface area (Å²) in [6.07, 6.45) is 3.91. The van der Waals surface area contributed by atoms with Crippen molar-refractivity contribution in [3.05, 3.63) is 35.4 Å². The van der Waals surface area contributed by atoms with Crippen LogP contribution in [0.2, 0.25) is 0 Å². The molecule has 0 aromatic heterocycles. The molecule has 0 aliphatic carbocycles. The van der Waals surface area contributed by atoms with E-state index in [1.807, 2.05) is 29.2 Å². The summed E-state index contributed by atoms with van der Waals surface area (Å²) in [5.74, 6) is -0.850. The van der Waals surface area contributed by atoms with Crippen molar-refractivity contribution in [1.82, 2.24) is 15.1 Å². The standard InChI is InChI=1S/C20H27N3O4/c24-18(14-22-10-4-3-8-17(22)20(26)27)21-12-15-6-1-2-7-16(15)13-23-11-5-9-19(23)25/h1-2,6-7,17H,3-5,8-14H2,(H,21,24)(H,26,27). The Hall–Kier alpha value is -2.41. The molecule has 2 aliphatic heterocycles. The van der Waals surface area contributed by atoms with E-state index in [1.165, 1.54) is 0 Å². The zero-order chi connectivity index (χ0) is 19.2. The molecule has 7 nitrogen and oxygen atoms in total. The smallest absolute Gasteiger partial charge is 0.320 e. The van der Waals surface area contributed by atoms with Gasteiger partial charge in [0, 0.05) is 26.1 Å². The van der Waals surface area contributed by atoms with E-state index in [0.717, 1.165) is 36.9 Å². The number of carboxylic acids is 1. The lowest BCUT2D eigenvalue weighted by atomic mass is 10.0. The Bertz CT molecular complexity index is 706. The molecule has 2 heterocycles. The van der Waals surface area contributed by atoms with Crippen LogP contribution in [0.3, 0.4) is 0 Å². The number of hydrogen-bond donors (Lipinski definition) is 2. The Kier molecular flexibility index (Phi) is 6.45. The first kappa shape index (κ1) is 19.4. The number of amides is 2. The molecule has 0 radical (unpaired) electrons. The predicted molar refractivity (Wildman–Crippen MR) is 99.8 cm³/mol. The minimum atomic E-state index is -0.858. The Labute approximate surface area is 159 Å². The molecule has 1 unspecified atom stereocenters. The zero-order valence-electron chi connectivity index (χ0n) is 15.5. The molecule has 2 N–H and O–H groups in total. The molecular weight excluding hydrogens is 346 g/mol. The van der Waals surface area contributed by atoms with Crippen LogP contribution in [-0.4, -0.2) is 58.4 Å². The third kappa shape index (κ3) is 5.07. The van der Waals surface area contributed by atoms with E-state index in [2.05, 4.69) is 5.32 Å². The number of hydrogen-bond acceptors (Lipinski definition) is 4. The highest BCUT2D eigenvalue weighted by atomic mass is 16.4. The second-order valence-corrected chi connectivity index (χ2v) is 7.28. The molecule has 1 aromatic carbocycles. The van der Waals surface area contributed by atoms with Crippen LogP contribution in [0.25, 0.3) is 0 Å². The number of nitrogens with one attached hydrogen (secondary N) is 1. The summed E-state index contributed by atoms with van der Waals surface area (Å²) in [4.78, 5) is 39.2. The third-order valence-corrected chi connectivity index (χ3v) is 5.37. The molecule has 0 bridgehead atoms. The summed E-state index contributed by atoms with van der Waals surface area (Å²) in [6.45, 7) is 2.47. The van der Waals surface area contributed by atoms with E-state index in [4.69, 9.17) is 0 Å². The normalized spacial score (nSPS) is 20.7. The molecule has 0 spiro atoms. The summed E-state index contributed by atoms with van der Waals surface area (Å²) < 4.78 is 0. The average Bonchev–Trinajstić information content (AvgIpc) is 3.06. The number of piperidine rings is 1. The van der Waals surface area contributed by atoms with E-state index in [-0.39, 0.29) is 18.4 Å². The Morgan fingerprint density at radius 1 is 1.11 bits per heavy atom. The Morgan fingerprint density at radius 3 is 2.59 bits per heavy atom. The van der Waals surface area contributed by atoms with Crippen molar-refractivity contribution in [2.75, 3.05) is 19.6 Å². The number of rotatable bonds is 7. The summed E-state index contributed by atoms with van der Waals surface area (Å²) in [6, 6.07) is 7.22. The fourth-order valence-electron chi connectivity index (χ4n) is 3.86. The zero-order valence-corrected chi connectivity index (χ0v) is 15.5. The van der Waals surface area contributed by atoms with Crippen LogP contribution in [0.15, 0.2) is 24.3 Å². The second kappa shape index (κ2) is 8.99. The number of aliphatic carboxylic acids is 1. The molecule has 2 aliphatic rings. The van der Waals surface area contributed by atoms with Crippen molar-refractivity contribution in [3.8, 4) is 0 Å². The first-order valence-corrected chi connectivity index (χ1v) is 9.62. The highest BCUT2D eigenvalue weighted by Gasteiger charge is 2.29. The van der Waals surface area contributed by atoms with Crippen molar-refractivity contribution in [3.63, 3.8) is 0 Å². The van der Waals surface area contributed by atoms with Gasteiger partial charge in [-0.15, -0.1) is 0 Å². The minimum absolute atomic E-state index is 0.101. The average molecular weight is 373 g/mol. The first-order chi connectivity index (χ1) is 13.0. The van der Waals surface area contributed by atoms with Crippen LogP contribution in [0.5, 0.6) is 0 Å². The van der Waals surface area contributed by atoms with Gasteiger partial charge >= 0.3 is 5.97 Å². The van der Waals surface area contributed by atoms with Gasteiger partial charge in [0.1, 0.15) is 6.04 Å². The fourth-order valence-corrected chi connectivity index (χ4v) is 3.86. The van der Waals surface area contributed by atoms with Gasteiger partial charge in [0.2, 0.25) is 11.8 Å².